The molecule has 0 radical (unpaired) electrons. The van der Waals surface area contributed by atoms with Gasteiger partial charge in [-0.05, 0) is 20.0 Å². The molecule has 0 saturated carbocycles. The molecule has 0 amide bonds. The molecule has 0 bridgehead atoms. The molecule has 0 spiro atoms. The minimum absolute atomic E-state index is 0.312. The maximum atomic E-state index is 6.21. The highest BCUT2D eigenvalue weighted by atomic mass is 35.5. The molecule has 0 fully saturated rings. The van der Waals surface area contributed by atoms with Crippen molar-refractivity contribution in [2.24, 2.45) is 0 Å². The van der Waals surface area contributed by atoms with Gasteiger partial charge < -0.3 is 9.84 Å². The van der Waals surface area contributed by atoms with Gasteiger partial charge in [0, 0.05) is 23.4 Å². The first-order chi connectivity index (χ1) is 11.2. The largest absolute Gasteiger partial charge is 0.339 e. The van der Waals surface area contributed by atoms with Crippen molar-refractivity contribution in [1.82, 2.24) is 20.4 Å². The zero-order valence-corrected chi connectivity index (χ0v) is 14.5. The first-order valence-corrected chi connectivity index (χ1v) is 8.59. The smallest absolute Gasteiger partial charge is 0.232 e. The zero-order chi connectivity index (χ0) is 16.2. The SMILES string of the molecule is CNC(C)Cc1noc(Cc2csc(-c3ccccc3Cl)n2)n1. The lowest BCUT2D eigenvalue weighted by molar-refractivity contribution is 0.376. The van der Waals surface area contributed by atoms with Crippen molar-refractivity contribution in [3.8, 4) is 10.6 Å². The summed E-state index contributed by atoms with van der Waals surface area (Å²) in [6.45, 7) is 2.08. The maximum absolute atomic E-state index is 6.21. The van der Waals surface area contributed by atoms with Gasteiger partial charge in [0.25, 0.3) is 0 Å². The Labute approximate surface area is 143 Å². The molecule has 120 valence electrons. The third-order valence-electron chi connectivity index (χ3n) is 3.48. The van der Waals surface area contributed by atoms with Crippen LogP contribution in [0.25, 0.3) is 10.6 Å². The quantitative estimate of drug-likeness (QED) is 0.737. The summed E-state index contributed by atoms with van der Waals surface area (Å²) in [5, 5.41) is 10.8. The number of likely N-dealkylation sites (N-methyl/N-ethyl adjacent to an activating group) is 1. The average Bonchev–Trinajstić information content (AvgIpc) is 3.18. The second kappa shape index (κ2) is 7.21. The van der Waals surface area contributed by atoms with E-state index < -0.39 is 0 Å². The highest BCUT2D eigenvalue weighted by molar-refractivity contribution is 7.13. The third-order valence-corrected chi connectivity index (χ3v) is 4.73. The highest BCUT2D eigenvalue weighted by Gasteiger charge is 2.13. The molecule has 7 heteroatoms. The Balaban J connectivity index is 1.71. The Kier molecular flexibility index (Phi) is 5.05. The molecule has 0 aliphatic carbocycles. The van der Waals surface area contributed by atoms with Crippen LogP contribution in [-0.4, -0.2) is 28.2 Å². The van der Waals surface area contributed by atoms with Crippen molar-refractivity contribution < 1.29 is 4.52 Å². The summed E-state index contributed by atoms with van der Waals surface area (Å²) in [7, 11) is 1.91. The molecule has 5 nitrogen and oxygen atoms in total. The molecule has 0 aliphatic rings. The number of nitrogens with zero attached hydrogens (tertiary/aromatic N) is 3. The van der Waals surface area contributed by atoms with Crippen LogP contribution in [0.5, 0.6) is 0 Å². The van der Waals surface area contributed by atoms with E-state index in [4.69, 9.17) is 16.1 Å². The van der Waals surface area contributed by atoms with Gasteiger partial charge in [-0.3, -0.25) is 0 Å². The molecule has 23 heavy (non-hydrogen) atoms. The van der Waals surface area contributed by atoms with Crippen molar-refractivity contribution >= 4 is 22.9 Å². The van der Waals surface area contributed by atoms with Gasteiger partial charge in [-0.1, -0.05) is 35.0 Å². The Bertz CT molecular complexity index is 786. The predicted octanol–water partition coefficient (Wildman–Crippen LogP) is 3.59. The normalized spacial score (nSPS) is 12.5. The monoisotopic (exact) mass is 348 g/mol. The summed E-state index contributed by atoms with van der Waals surface area (Å²) < 4.78 is 5.30. The maximum Gasteiger partial charge on any atom is 0.232 e. The van der Waals surface area contributed by atoms with E-state index in [1.165, 1.54) is 0 Å². The molecular formula is C16H17ClN4OS. The minimum atomic E-state index is 0.312. The average molecular weight is 349 g/mol. The highest BCUT2D eigenvalue weighted by Crippen LogP contribution is 2.30. The van der Waals surface area contributed by atoms with Crippen LogP contribution in [0.4, 0.5) is 0 Å². The molecular weight excluding hydrogens is 332 g/mol. The van der Waals surface area contributed by atoms with Gasteiger partial charge >= 0.3 is 0 Å². The van der Waals surface area contributed by atoms with E-state index in [9.17, 15) is 0 Å². The Morgan fingerprint density at radius 2 is 2.13 bits per heavy atom. The Morgan fingerprint density at radius 1 is 1.30 bits per heavy atom. The lowest BCUT2D eigenvalue weighted by Crippen LogP contribution is -2.24. The van der Waals surface area contributed by atoms with E-state index in [1.807, 2.05) is 36.7 Å². The standard InChI is InChI=1S/C16H17ClN4OS/c1-10(18-2)7-14-20-15(22-21-14)8-11-9-23-16(19-11)12-5-3-4-6-13(12)17/h3-6,9-10,18H,7-8H2,1-2H3. The second-order valence-electron chi connectivity index (χ2n) is 5.30. The van der Waals surface area contributed by atoms with Crippen molar-refractivity contribution in [1.29, 1.82) is 0 Å². The van der Waals surface area contributed by atoms with Crippen molar-refractivity contribution in [2.45, 2.75) is 25.8 Å². The van der Waals surface area contributed by atoms with Gasteiger partial charge in [-0.2, -0.15) is 4.98 Å². The van der Waals surface area contributed by atoms with Crippen LogP contribution < -0.4 is 5.32 Å². The van der Waals surface area contributed by atoms with Gasteiger partial charge in [0.15, 0.2) is 5.82 Å². The molecule has 1 aromatic carbocycles. The van der Waals surface area contributed by atoms with Crippen LogP contribution >= 0.6 is 22.9 Å². The van der Waals surface area contributed by atoms with E-state index in [0.717, 1.165) is 22.7 Å². The van der Waals surface area contributed by atoms with E-state index in [-0.39, 0.29) is 0 Å². The summed E-state index contributed by atoms with van der Waals surface area (Å²) in [6, 6.07) is 8.01. The number of aromatic nitrogens is 3. The summed E-state index contributed by atoms with van der Waals surface area (Å²) in [6.07, 6.45) is 1.27. The number of hydrogen-bond acceptors (Lipinski definition) is 6. The van der Waals surface area contributed by atoms with Crippen LogP contribution in [0.3, 0.4) is 0 Å². The van der Waals surface area contributed by atoms with Crippen LogP contribution in [0.1, 0.15) is 24.3 Å². The molecule has 2 aromatic heterocycles. The summed E-state index contributed by atoms with van der Waals surface area (Å²) in [4.78, 5) is 9.03. The van der Waals surface area contributed by atoms with Gasteiger partial charge in [0.1, 0.15) is 5.01 Å². The molecule has 3 aromatic rings. The van der Waals surface area contributed by atoms with Gasteiger partial charge in [0.2, 0.25) is 5.89 Å². The van der Waals surface area contributed by atoms with E-state index in [0.29, 0.717) is 29.2 Å². The van der Waals surface area contributed by atoms with Crippen LogP contribution in [-0.2, 0) is 12.8 Å². The summed E-state index contributed by atoms with van der Waals surface area (Å²) in [5.74, 6) is 1.29. The number of rotatable bonds is 6. The number of benzene rings is 1. The van der Waals surface area contributed by atoms with Crippen molar-refractivity contribution in [3.63, 3.8) is 0 Å². The lowest BCUT2D eigenvalue weighted by atomic mass is 10.2. The molecule has 1 unspecified atom stereocenters. The first kappa shape index (κ1) is 16.1. The fourth-order valence-corrected chi connectivity index (χ4v) is 3.26. The van der Waals surface area contributed by atoms with Gasteiger partial charge in [-0.25, -0.2) is 4.98 Å². The molecule has 2 heterocycles. The lowest BCUT2D eigenvalue weighted by Gasteiger charge is -2.04. The summed E-state index contributed by atoms with van der Waals surface area (Å²) in [5.41, 5.74) is 1.85. The molecule has 0 saturated heterocycles. The van der Waals surface area contributed by atoms with Crippen LogP contribution in [0, 0.1) is 0 Å². The minimum Gasteiger partial charge on any atom is -0.339 e. The second-order valence-corrected chi connectivity index (χ2v) is 6.56. The van der Waals surface area contributed by atoms with Crippen LogP contribution in [0.15, 0.2) is 34.2 Å². The molecule has 0 aliphatic heterocycles. The predicted molar refractivity (Wildman–Crippen MR) is 91.9 cm³/mol. The van der Waals surface area contributed by atoms with Gasteiger partial charge in [0.05, 0.1) is 17.1 Å². The first-order valence-electron chi connectivity index (χ1n) is 7.33. The number of thiazole rings is 1. The Hall–Kier alpha value is -1.76. The fraction of sp³-hybridized carbons (Fsp3) is 0.312. The number of halogens is 1. The number of nitrogens with one attached hydrogen (secondary N) is 1. The zero-order valence-electron chi connectivity index (χ0n) is 12.9. The molecule has 1 N–H and O–H groups in total. The topological polar surface area (TPSA) is 63.8 Å². The van der Waals surface area contributed by atoms with Crippen LogP contribution in [0.2, 0.25) is 5.02 Å². The van der Waals surface area contributed by atoms with Crippen molar-refractivity contribution in [2.75, 3.05) is 7.05 Å². The van der Waals surface area contributed by atoms with Crippen molar-refractivity contribution in [3.05, 3.63) is 52.1 Å². The number of hydrogen-bond donors (Lipinski definition) is 1. The third kappa shape index (κ3) is 3.96. The molecule has 3 rings (SSSR count). The van der Waals surface area contributed by atoms with Gasteiger partial charge in [-0.15, -0.1) is 11.3 Å². The fourth-order valence-electron chi connectivity index (χ4n) is 2.12. The summed E-state index contributed by atoms with van der Waals surface area (Å²) >= 11 is 7.78. The van der Waals surface area contributed by atoms with E-state index >= 15 is 0 Å². The van der Waals surface area contributed by atoms with E-state index in [1.54, 1.807) is 11.3 Å². The molecule has 1 atom stereocenters. The van der Waals surface area contributed by atoms with E-state index in [2.05, 4.69) is 27.4 Å². The Morgan fingerprint density at radius 3 is 2.91 bits per heavy atom.